The second kappa shape index (κ2) is 6.12. The number of ether oxygens (including phenoxy) is 1. The molecule has 0 aliphatic heterocycles. The molecule has 0 bridgehead atoms. The molecule has 0 aliphatic rings. The Balaban J connectivity index is 1.92. The number of para-hydroxylation sites is 3. The van der Waals surface area contributed by atoms with E-state index >= 15 is 0 Å². The Kier molecular flexibility index (Phi) is 4.02. The van der Waals surface area contributed by atoms with E-state index in [0.717, 1.165) is 11.3 Å². The Morgan fingerprint density at radius 1 is 1.17 bits per heavy atom. The number of imidazole rings is 1. The van der Waals surface area contributed by atoms with Crippen LogP contribution in [0, 0.1) is 6.92 Å². The molecule has 23 heavy (non-hydrogen) atoms. The van der Waals surface area contributed by atoms with Crippen molar-refractivity contribution in [1.82, 2.24) is 9.97 Å². The van der Waals surface area contributed by atoms with Gasteiger partial charge < -0.3 is 15.0 Å². The quantitative estimate of drug-likeness (QED) is 0.768. The average Bonchev–Trinajstić information content (AvgIpc) is 2.88. The summed E-state index contributed by atoms with van der Waals surface area (Å²) in [7, 11) is 0. The molecule has 0 saturated carbocycles. The molecule has 0 saturated heterocycles. The minimum atomic E-state index is -0.207. The number of nitrogens with one attached hydrogen (secondary N) is 2. The number of hydrogen-bond donors (Lipinski definition) is 2. The first-order valence-electron chi connectivity index (χ1n) is 7.57. The van der Waals surface area contributed by atoms with Crippen LogP contribution in [0.4, 0.5) is 5.69 Å². The molecule has 0 spiro atoms. The Labute approximate surface area is 134 Å². The van der Waals surface area contributed by atoms with Gasteiger partial charge in [-0.15, -0.1) is 0 Å². The van der Waals surface area contributed by atoms with Crippen molar-refractivity contribution in [3.63, 3.8) is 0 Å². The number of anilines is 1. The highest BCUT2D eigenvalue weighted by atomic mass is 16.5. The Morgan fingerprint density at radius 3 is 2.74 bits per heavy atom. The molecule has 0 unspecified atom stereocenters. The third kappa shape index (κ3) is 3.18. The van der Waals surface area contributed by atoms with Crippen molar-refractivity contribution in [2.24, 2.45) is 0 Å². The highest BCUT2D eigenvalue weighted by Crippen LogP contribution is 2.26. The van der Waals surface area contributed by atoms with E-state index in [9.17, 15) is 4.79 Å². The summed E-state index contributed by atoms with van der Waals surface area (Å²) in [5.41, 5.74) is 2.70. The molecular weight excluding hydrogens is 290 g/mol. The van der Waals surface area contributed by atoms with Gasteiger partial charge in [-0.3, -0.25) is 4.79 Å². The minimum Gasteiger partial charge on any atom is -0.489 e. The minimum absolute atomic E-state index is 0.0328. The van der Waals surface area contributed by atoms with Crippen molar-refractivity contribution in [3.8, 4) is 5.75 Å². The number of hydrogen-bond acceptors (Lipinski definition) is 3. The summed E-state index contributed by atoms with van der Waals surface area (Å²) in [6.45, 7) is 5.77. The van der Waals surface area contributed by atoms with Crippen LogP contribution >= 0.6 is 0 Å². The molecule has 3 rings (SSSR count). The van der Waals surface area contributed by atoms with Gasteiger partial charge in [0.1, 0.15) is 17.1 Å². The zero-order valence-electron chi connectivity index (χ0n) is 13.4. The summed E-state index contributed by atoms with van der Waals surface area (Å²) >= 11 is 0. The second-order valence-electron chi connectivity index (χ2n) is 5.64. The molecule has 1 aromatic heterocycles. The van der Waals surface area contributed by atoms with Gasteiger partial charge in [0.2, 0.25) is 0 Å². The van der Waals surface area contributed by atoms with Gasteiger partial charge in [0.05, 0.1) is 22.9 Å². The first kappa shape index (κ1) is 15.1. The zero-order valence-corrected chi connectivity index (χ0v) is 13.4. The Hall–Kier alpha value is -2.82. The smallest absolute Gasteiger partial charge is 0.258 e. The number of aryl methyl sites for hydroxylation is 1. The molecule has 0 fully saturated rings. The van der Waals surface area contributed by atoms with Crippen LogP contribution in [0.5, 0.6) is 5.75 Å². The molecule has 3 aromatic rings. The van der Waals surface area contributed by atoms with Crippen molar-refractivity contribution in [2.45, 2.75) is 26.9 Å². The van der Waals surface area contributed by atoms with E-state index in [1.165, 1.54) is 0 Å². The van der Waals surface area contributed by atoms with Gasteiger partial charge in [-0.25, -0.2) is 4.98 Å². The number of rotatable bonds is 4. The zero-order chi connectivity index (χ0) is 16.4. The molecule has 1 amide bonds. The van der Waals surface area contributed by atoms with E-state index in [1.54, 1.807) is 6.07 Å². The fraction of sp³-hybridized carbons (Fsp3) is 0.222. The maximum atomic E-state index is 12.7. The van der Waals surface area contributed by atoms with E-state index in [-0.39, 0.29) is 12.0 Å². The largest absolute Gasteiger partial charge is 0.489 e. The van der Waals surface area contributed by atoms with Gasteiger partial charge >= 0.3 is 0 Å². The van der Waals surface area contributed by atoms with E-state index in [0.29, 0.717) is 22.5 Å². The highest BCUT2D eigenvalue weighted by Gasteiger charge is 2.15. The van der Waals surface area contributed by atoms with Crippen LogP contribution in [0.3, 0.4) is 0 Å². The van der Waals surface area contributed by atoms with E-state index in [1.807, 2.05) is 57.2 Å². The van der Waals surface area contributed by atoms with Gasteiger partial charge in [-0.2, -0.15) is 0 Å². The van der Waals surface area contributed by atoms with Gasteiger partial charge in [-0.1, -0.05) is 18.2 Å². The van der Waals surface area contributed by atoms with E-state index < -0.39 is 0 Å². The van der Waals surface area contributed by atoms with Crippen molar-refractivity contribution < 1.29 is 9.53 Å². The molecule has 2 aromatic carbocycles. The standard InChI is InChI=1S/C18H19N3O2/c1-11(2)23-16-10-5-4-8-14(16)21-18(22)13-7-6-9-15-17(13)20-12(3)19-15/h4-11H,1-3H3,(H,19,20)(H,21,22). The SMILES string of the molecule is Cc1nc2c(C(=O)Nc3ccccc3OC(C)C)cccc2[nH]1. The molecule has 5 nitrogen and oxygen atoms in total. The fourth-order valence-electron chi connectivity index (χ4n) is 2.45. The monoisotopic (exact) mass is 309 g/mol. The first-order valence-corrected chi connectivity index (χ1v) is 7.57. The van der Waals surface area contributed by atoms with E-state index in [4.69, 9.17) is 4.74 Å². The summed E-state index contributed by atoms with van der Waals surface area (Å²) in [6, 6.07) is 12.9. The topological polar surface area (TPSA) is 67.0 Å². The summed E-state index contributed by atoms with van der Waals surface area (Å²) < 4.78 is 5.74. The number of H-pyrrole nitrogens is 1. The van der Waals surface area contributed by atoms with E-state index in [2.05, 4.69) is 15.3 Å². The van der Waals surface area contributed by atoms with Gasteiger partial charge in [0.15, 0.2) is 0 Å². The number of aromatic amines is 1. The molecule has 2 N–H and O–H groups in total. The molecular formula is C18H19N3O2. The lowest BCUT2D eigenvalue weighted by atomic mass is 10.1. The number of carbonyl (C=O) groups excluding carboxylic acids is 1. The van der Waals surface area contributed by atoms with Crippen LogP contribution < -0.4 is 10.1 Å². The first-order chi connectivity index (χ1) is 11.0. The molecule has 0 atom stereocenters. The van der Waals surface area contributed by atoms with Crippen LogP contribution in [0.15, 0.2) is 42.5 Å². The summed E-state index contributed by atoms with van der Waals surface area (Å²) in [5, 5.41) is 2.92. The number of aromatic nitrogens is 2. The van der Waals surface area contributed by atoms with Crippen molar-refractivity contribution in [2.75, 3.05) is 5.32 Å². The molecule has 0 radical (unpaired) electrons. The van der Waals surface area contributed by atoms with Crippen LogP contribution in [0.1, 0.15) is 30.0 Å². The lowest BCUT2D eigenvalue weighted by Crippen LogP contribution is -2.15. The predicted molar refractivity (Wildman–Crippen MR) is 91.0 cm³/mol. The number of carbonyl (C=O) groups is 1. The average molecular weight is 309 g/mol. The Morgan fingerprint density at radius 2 is 1.96 bits per heavy atom. The predicted octanol–water partition coefficient (Wildman–Crippen LogP) is 3.91. The lowest BCUT2D eigenvalue weighted by molar-refractivity contribution is 0.102. The Bertz CT molecular complexity index is 852. The lowest BCUT2D eigenvalue weighted by Gasteiger charge is -2.14. The van der Waals surface area contributed by atoms with Crippen LogP contribution in [-0.4, -0.2) is 22.0 Å². The molecule has 0 aliphatic carbocycles. The summed E-state index contributed by atoms with van der Waals surface area (Å²) in [6.07, 6.45) is 0.0328. The third-order valence-corrected chi connectivity index (χ3v) is 3.37. The number of amides is 1. The maximum absolute atomic E-state index is 12.7. The van der Waals surface area contributed by atoms with Gasteiger partial charge in [0, 0.05) is 0 Å². The van der Waals surface area contributed by atoms with Crippen LogP contribution in [-0.2, 0) is 0 Å². The summed E-state index contributed by atoms with van der Waals surface area (Å²) in [5.74, 6) is 1.23. The summed E-state index contributed by atoms with van der Waals surface area (Å²) in [4.78, 5) is 20.2. The third-order valence-electron chi connectivity index (χ3n) is 3.37. The number of benzene rings is 2. The number of fused-ring (bicyclic) bond motifs is 1. The van der Waals surface area contributed by atoms with Crippen molar-refractivity contribution in [1.29, 1.82) is 0 Å². The van der Waals surface area contributed by atoms with Crippen LogP contribution in [0.25, 0.3) is 11.0 Å². The van der Waals surface area contributed by atoms with Crippen molar-refractivity contribution >= 4 is 22.6 Å². The molecule has 5 heteroatoms. The molecule has 118 valence electrons. The second-order valence-corrected chi connectivity index (χ2v) is 5.64. The number of nitrogens with zero attached hydrogens (tertiary/aromatic N) is 1. The normalized spacial score (nSPS) is 11.0. The van der Waals surface area contributed by atoms with Crippen molar-refractivity contribution in [3.05, 3.63) is 53.9 Å². The highest BCUT2D eigenvalue weighted by molar-refractivity contribution is 6.11. The van der Waals surface area contributed by atoms with Gasteiger partial charge in [-0.05, 0) is 45.0 Å². The van der Waals surface area contributed by atoms with Gasteiger partial charge in [0.25, 0.3) is 5.91 Å². The maximum Gasteiger partial charge on any atom is 0.258 e. The molecule has 1 heterocycles. The fourth-order valence-corrected chi connectivity index (χ4v) is 2.45. The van der Waals surface area contributed by atoms with Crippen LogP contribution in [0.2, 0.25) is 0 Å².